The van der Waals surface area contributed by atoms with Gasteiger partial charge in [0.25, 0.3) is 0 Å². The second-order valence-corrected chi connectivity index (χ2v) is 5.37. The molecule has 0 atom stereocenters. The molecule has 3 rings (SSSR count). The zero-order valence-electron chi connectivity index (χ0n) is 9.60. The number of anilines is 2. The van der Waals surface area contributed by atoms with E-state index in [0.29, 0.717) is 5.13 Å². The van der Waals surface area contributed by atoms with Crippen LogP contribution in [0.15, 0.2) is 30.5 Å². The van der Waals surface area contributed by atoms with Crippen molar-refractivity contribution >= 4 is 22.2 Å². The fourth-order valence-corrected chi connectivity index (χ4v) is 2.92. The van der Waals surface area contributed by atoms with Gasteiger partial charge >= 0.3 is 0 Å². The van der Waals surface area contributed by atoms with E-state index in [-0.39, 0.29) is 0 Å². The molecule has 17 heavy (non-hydrogen) atoms. The fourth-order valence-electron chi connectivity index (χ4n) is 2.23. The summed E-state index contributed by atoms with van der Waals surface area (Å²) in [6.07, 6.45) is 4.46. The molecule has 2 N–H and O–H groups in total. The Labute approximate surface area is 105 Å². The number of aromatic nitrogens is 1. The van der Waals surface area contributed by atoms with E-state index in [9.17, 15) is 0 Å². The number of nitrogen functional groups attached to an aromatic ring is 1. The summed E-state index contributed by atoms with van der Waals surface area (Å²) < 4.78 is 0. The molecule has 1 fully saturated rings. The van der Waals surface area contributed by atoms with Crippen molar-refractivity contribution in [2.45, 2.75) is 12.8 Å². The summed E-state index contributed by atoms with van der Waals surface area (Å²) in [6, 6.07) is 8.69. The molecular weight excluding hydrogens is 230 g/mol. The lowest BCUT2D eigenvalue weighted by molar-refractivity contribution is 0.949. The molecule has 3 nitrogen and oxygen atoms in total. The van der Waals surface area contributed by atoms with Crippen LogP contribution in [-0.4, -0.2) is 18.1 Å². The predicted molar refractivity (Wildman–Crippen MR) is 73.4 cm³/mol. The molecule has 2 aromatic rings. The minimum Gasteiger partial charge on any atom is -0.375 e. The molecule has 1 aliphatic rings. The zero-order valence-corrected chi connectivity index (χ0v) is 10.4. The SMILES string of the molecule is Nc1ncc(-c2ccc(N3CCCC3)cc2)s1. The summed E-state index contributed by atoms with van der Waals surface area (Å²) in [5.41, 5.74) is 8.16. The van der Waals surface area contributed by atoms with Crippen LogP contribution in [0, 0.1) is 0 Å². The Hall–Kier alpha value is -1.55. The van der Waals surface area contributed by atoms with Crippen LogP contribution in [-0.2, 0) is 0 Å². The molecule has 1 aliphatic heterocycles. The second kappa shape index (κ2) is 4.37. The molecule has 4 heteroatoms. The lowest BCUT2D eigenvalue weighted by atomic mass is 10.2. The Morgan fingerprint density at radius 2 is 1.82 bits per heavy atom. The first-order valence-corrected chi connectivity index (χ1v) is 6.71. The van der Waals surface area contributed by atoms with Crippen molar-refractivity contribution in [2.75, 3.05) is 23.7 Å². The molecular formula is C13H15N3S. The fraction of sp³-hybridized carbons (Fsp3) is 0.308. The monoisotopic (exact) mass is 245 g/mol. The van der Waals surface area contributed by atoms with Gasteiger partial charge in [-0.25, -0.2) is 4.98 Å². The Morgan fingerprint density at radius 1 is 1.12 bits per heavy atom. The van der Waals surface area contributed by atoms with Crippen molar-refractivity contribution in [1.29, 1.82) is 0 Å². The van der Waals surface area contributed by atoms with Gasteiger partial charge in [0.15, 0.2) is 5.13 Å². The average Bonchev–Trinajstić information content (AvgIpc) is 3.00. The lowest BCUT2D eigenvalue weighted by Crippen LogP contribution is -2.17. The van der Waals surface area contributed by atoms with Crippen molar-refractivity contribution in [3.63, 3.8) is 0 Å². The van der Waals surface area contributed by atoms with Crippen LogP contribution in [0.2, 0.25) is 0 Å². The molecule has 0 aliphatic carbocycles. The first-order chi connectivity index (χ1) is 8.33. The van der Waals surface area contributed by atoms with Crippen LogP contribution in [0.1, 0.15) is 12.8 Å². The van der Waals surface area contributed by atoms with Crippen molar-refractivity contribution in [2.24, 2.45) is 0 Å². The number of rotatable bonds is 2. The zero-order chi connectivity index (χ0) is 11.7. The van der Waals surface area contributed by atoms with Gasteiger partial charge < -0.3 is 10.6 Å². The Morgan fingerprint density at radius 3 is 2.41 bits per heavy atom. The van der Waals surface area contributed by atoms with Gasteiger partial charge in [0.1, 0.15) is 0 Å². The minimum atomic E-state index is 0.628. The van der Waals surface area contributed by atoms with Gasteiger partial charge in [-0.3, -0.25) is 0 Å². The van der Waals surface area contributed by atoms with Crippen LogP contribution < -0.4 is 10.6 Å². The quantitative estimate of drug-likeness (QED) is 0.884. The maximum absolute atomic E-state index is 5.64. The molecule has 88 valence electrons. The van der Waals surface area contributed by atoms with E-state index in [0.717, 1.165) is 4.88 Å². The van der Waals surface area contributed by atoms with Crippen molar-refractivity contribution in [3.8, 4) is 10.4 Å². The lowest BCUT2D eigenvalue weighted by Gasteiger charge is -2.17. The number of nitrogens with zero attached hydrogens (tertiary/aromatic N) is 2. The van der Waals surface area contributed by atoms with E-state index in [4.69, 9.17) is 5.73 Å². The first kappa shape index (κ1) is 10.6. The normalized spacial score (nSPS) is 15.4. The molecule has 1 aromatic heterocycles. The number of hydrogen-bond donors (Lipinski definition) is 1. The molecule has 0 amide bonds. The van der Waals surface area contributed by atoms with Gasteiger partial charge in [-0.15, -0.1) is 0 Å². The molecule has 2 heterocycles. The average molecular weight is 245 g/mol. The molecule has 1 saturated heterocycles. The third kappa shape index (κ3) is 2.13. The third-order valence-electron chi connectivity index (χ3n) is 3.15. The van der Waals surface area contributed by atoms with Crippen molar-refractivity contribution in [3.05, 3.63) is 30.5 Å². The van der Waals surface area contributed by atoms with E-state index < -0.39 is 0 Å². The summed E-state index contributed by atoms with van der Waals surface area (Å²) in [5, 5.41) is 0.628. The van der Waals surface area contributed by atoms with E-state index >= 15 is 0 Å². The molecule has 0 spiro atoms. The highest BCUT2D eigenvalue weighted by atomic mass is 32.1. The van der Waals surface area contributed by atoms with E-state index in [1.807, 2.05) is 6.20 Å². The van der Waals surface area contributed by atoms with Gasteiger partial charge in [0.2, 0.25) is 0 Å². The minimum absolute atomic E-state index is 0.628. The molecule has 0 radical (unpaired) electrons. The topological polar surface area (TPSA) is 42.1 Å². The molecule has 0 saturated carbocycles. The summed E-state index contributed by atoms with van der Waals surface area (Å²) in [5.74, 6) is 0. The van der Waals surface area contributed by atoms with Gasteiger partial charge in [-0.1, -0.05) is 23.5 Å². The van der Waals surface area contributed by atoms with Gasteiger partial charge in [0.05, 0.1) is 4.88 Å². The van der Waals surface area contributed by atoms with Gasteiger partial charge in [-0.2, -0.15) is 0 Å². The van der Waals surface area contributed by atoms with Crippen LogP contribution in [0.25, 0.3) is 10.4 Å². The van der Waals surface area contributed by atoms with Crippen LogP contribution in [0.3, 0.4) is 0 Å². The Bertz CT molecular complexity index is 498. The second-order valence-electron chi connectivity index (χ2n) is 4.30. The summed E-state index contributed by atoms with van der Waals surface area (Å²) in [6.45, 7) is 2.37. The predicted octanol–water partition coefficient (Wildman–Crippen LogP) is 2.99. The number of benzene rings is 1. The summed E-state index contributed by atoms with van der Waals surface area (Å²) in [4.78, 5) is 7.65. The Kier molecular flexibility index (Phi) is 2.73. The van der Waals surface area contributed by atoms with Crippen LogP contribution in [0.5, 0.6) is 0 Å². The smallest absolute Gasteiger partial charge is 0.180 e. The van der Waals surface area contributed by atoms with Crippen molar-refractivity contribution in [1.82, 2.24) is 4.98 Å². The highest BCUT2D eigenvalue weighted by Crippen LogP contribution is 2.29. The third-order valence-corrected chi connectivity index (χ3v) is 4.02. The highest BCUT2D eigenvalue weighted by Gasteiger charge is 2.12. The van der Waals surface area contributed by atoms with E-state index in [1.165, 1.54) is 48.5 Å². The van der Waals surface area contributed by atoms with E-state index in [2.05, 4.69) is 34.1 Å². The van der Waals surface area contributed by atoms with E-state index in [1.54, 1.807) is 0 Å². The first-order valence-electron chi connectivity index (χ1n) is 5.89. The van der Waals surface area contributed by atoms with Gasteiger partial charge in [0, 0.05) is 25.0 Å². The maximum atomic E-state index is 5.64. The van der Waals surface area contributed by atoms with Crippen LogP contribution in [0.4, 0.5) is 10.8 Å². The number of hydrogen-bond acceptors (Lipinski definition) is 4. The number of nitrogens with two attached hydrogens (primary N) is 1. The molecule has 0 unspecified atom stereocenters. The molecule has 1 aromatic carbocycles. The highest BCUT2D eigenvalue weighted by molar-refractivity contribution is 7.18. The largest absolute Gasteiger partial charge is 0.375 e. The summed E-state index contributed by atoms with van der Waals surface area (Å²) >= 11 is 1.53. The number of thiazole rings is 1. The Balaban J connectivity index is 1.84. The maximum Gasteiger partial charge on any atom is 0.180 e. The standard InChI is InChI=1S/C13H15N3S/c14-13-15-9-12(17-13)10-3-5-11(6-4-10)16-7-1-2-8-16/h3-6,9H,1-2,7-8H2,(H2,14,15). The van der Waals surface area contributed by atoms with Gasteiger partial charge in [-0.05, 0) is 30.5 Å². The summed E-state index contributed by atoms with van der Waals surface area (Å²) in [7, 11) is 0. The van der Waals surface area contributed by atoms with Crippen molar-refractivity contribution < 1.29 is 0 Å². The molecule has 0 bridgehead atoms. The van der Waals surface area contributed by atoms with Crippen LogP contribution >= 0.6 is 11.3 Å².